The molecule has 1 unspecified atom stereocenters. The molecule has 2 rings (SSSR count). The number of rotatable bonds is 5. The Morgan fingerprint density at radius 3 is 2.80 bits per heavy atom. The molecule has 0 spiro atoms. The van der Waals surface area contributed by atoms with E-state index in [-0.39, 0.29) is 11.6 Å². The van der Waals surface area contributed by atoms with Crippen molar-refractivity contribution < 1.29 is 9.72 Å². The number of hydrogen-bond acceptors (Lipinski definition) is 3. The van der Waals surface area contributed by atoms with Crippen molar-refractivity contribution in [3.63, 3.8) is 0 Å². The SMILES string of the molecule is CCC(CBr)CN1C(=O)CCc2cc([N+](=O)[O-])ccc21. The molecule has 20 heavy (non-hydrogen) atoms. The molecule has 0 saturated heterocycles. The van der Waals surface area contributed by atoms with Gasteiger partial charge in [0.15, 0.2) is 0 Å². The van der Waals surface area contributed by atoms with E-state index in [1.807, 2.05) is 0 Å². The van der Waals surface area contributed by atoms with Crippen LogP contribution in [0, 0.1) is 16.0 Å². The highest BCUT2D eigenvalue weighted by atomic mass is 79.9. The molecule has 1 aromatic carbocycles. The Morgan fingerprint density at radius 2 is 2.20 bits per heavy atom. The summed E-state index contributed by atoms with van der Waals surface area (Å²) >= 11 is 3.47. The van der Waals surface area contributed by atoms with Crippen molar-refractivity contribution in [2.45, 2.75) is 26.2 Å². The van der Waals surface area contributed by atoms with Crippen molar-refractivity contribution >= 4 is 33.2 Å². The third-order valence-corrected chi connectivity index (χ3v) is 4.63. The molecule has 0 aromatic heterocycles. The Hall–Kier alpha value is -1.43. The third kappa shape index (κ3) is 3.00. The van der Waals surface area contributed by atoms with Crippen LogP contribution in [0.15, 0.2) is 18.2 Å². The standard InChI is InChI=1S/C14H17BrN2O3/c1-2-10(8-15)9-16-13-5-4-12(17(19)20)7-11(13)3-6-14(16)18/h4-5,7,10H,2-3,6,8-9H2,1H3. The molecule has 108 valence electrons. The van der Waals surface area contributed by atoms with Crippen molar-refractivity contribution in [3.05, 3.63) is 33.9 Å². The van der Waals surface area contributed by atoms with Gasteiger partial charge in [0.1, 0.15) is 0 Å². The Kier molecular flexibility index (Phi) is 4.75. The number of alkyl halides is 1. The largest absolute Gasteiger partial charge is 0.312 e. The normalized spacial score (nSPS) is 15.9. The molecule has 0 saturated carbocycles. The first-order chi connectivity index (χ1) is 9.56. The van der Waals surface area contributed by atoms with Crippen LogP contribution in [-0.2, 0) is 11.2 Å². The molecule has 0 radical (unpaired) electrons. The fourth-order valence-electron chi connectivity index (χ4n) is 2.41. The summed E-state index contributed by atoms with van der Waals surface area (Å²) in [6.07, 6.45) is 1.99. The zero-order valence-electron chi connectivity index (χ0n) is 11.3. The molecule has 1 aliphatic rings. The van der Waals surface area contributed by atoms with E-state index in [9.17, 15) is 14.9 Å². The van der Waals surface area contributed by atoms with Crippen molar-refractivity contribution in [1.82, 2.24) is 0 Å². The molecule has 0 N–H and O–H groups in total. The van der Waals surface area contributed by atoms with Gasteiger partial charge in [0.05, 0.1) is 4.92 Å². The lowest BCUT2D eigenvalue weighted by Gasteiger charge is -2.31. The predicted octanol–water partition coefficient (Wildman–Crippen LogP) is 3.30. The van der Waals surface area contributed by atoms with E-state index >= 15 is 0 Å². The van der Waals surface area contributed by atoms with Gasteiger partial charge in [-0.25, -0.2) is 0 Å². The van der Waals surface area contributed by atoms with Crippen LogP contribution in [0.5, 0.6) is 0 Å². The molecule has 1 heterocycles. The van der Waals surface area contributed by atoms with Gasteiger partial charge in [0.2, 0.25) is 5.91 Å². The quantitative estimate of drug-likeness (QED) is 0.469. The zero-order chi connectivity index (χ0) is 14.7. The van der Waals surface area contributed by atoms with Crippen LogP contribution in [-0.4, -0.2) is 22.7 Å². The fourth-order valence-corrected chi connectivity index (χ4v) is 3.07. The Balaban J connectivity index is 2.31. The van der Waals surface area contributed by atoms with E-state index in [2.05, 4.69) is 22.9 Å². The van der Waals surface area contributed by atoms with Crippen LogP contribution < -0.4 is 4.90 Å². The number of fused-ring (bicyclic) bond motifs is 1. The van der Waals surface area contributed by atoms with E-state index in [4.69, 9.17) is 0 Å². The minimum Gasteiger partial charge on any atom is -0.312 e. The van der Waals surface area contributed by atoms with Crippen molar-refractivity contribution in [2.75, 3.05) is 16.8 Å². The average Bonchev–Trinajstić information content (AvgIpc) is 2.46. The van der Waals surface area contributed by atoms with Crippen molar-refractivity contribution in [2.24, 2.45) is 5.92 Å². The van der Waals surface area contributed by atoms with Gasteiger partial charge in [0.25, 0.3) is 5.69 Å². The summed E-state index contributed by atoms with van der Waals surface area (Å²) in [4.78, 5) is 24.3. The summed E-state index contributed by atoms with van der Waals surface area (Å²) in [7, 11) is 0. The fraction of sp³-hybridized carbons (Fsp3) is 0.500. The van der Waals surface area contributed by atoms with Gasteiger partial charge in [-0.1, -0.05) is 29.3 Å². The maximum Gasteiger partial charge on any atom is 0.269 e. The summed E-state index contributed by atoms with van der Waals surface area (Å²) in [5.41, 5.74) is 1.81. The number of hydrogen-bond donors (Lipinski definition) is 0. The first kappa shape index (κ1) is 15.0. The minimum absolute atomic E-state index is 0.0885. The number of carbonyl (C=O) groups is 1. The molecule has 1 amide bonds. The highest BCUT2D eigenvalue weighted by Crippen LogP contribution is 2.32. The van der Waals surface area contributed by atoms with E-state index in [0.29, 0.717) is 25.3 Å². The second-order valence-corrected chi connectivity index (χ2v) is 5.65. The van der Waals surface area contributed by atoms with Crippen molar-refractivity contribution in [3.8, 4) is 0 Å². The molecular formula is C14H17BrN2O3. The highest BCUT2D eigenvalue weighted by molar-refractivity contribution is 9.09. The molecule has 5 nitrogen and oxygen atoms in total. The molecule has 1 aliphatic heterocycles. The number of carbonyl (C=O) groups excluding carboxylic acids is 1. The summed E-state index contributed by atoms with van der Waals surface area (Å²) in [5, 5.41) is 11.7. The summed E-state index contributed by atoms with van der Waals surface area (Å²) < 4.78 is 0. The number of nitrogens with zero attached hydrogens (tertiary/aromatic N) is 2. The smallest absolute Gasteiger partial charge is 0.269 e. The topological polar surface area (TPSA) is 63.5 Å². The van der Waals surface area contributed by atoms with Gasteiger partial charge >= 0.3 is 0 Å². The van der Waals surface area contributed by atoms with Crippen LogP contribution in [0.4, 0.5) is 11.4 Å². The molecule has 1 aromatic rings. The van der Waals surface area contributed by atoms with Gasteiger partial charge in [0, 0.05) is 36.1 Å². The monoisotopic (exact) mass is 340 g/mol. The number of aryl methyl sites for hydroxylation is 1. The van der Waals surface area contributed by atoms with Crippen LogP contribution in [0.25, 0.3) is 0 Å². The maximum atomic E-state index is 12.1. The highest BCUT2D eigenvalue weighted by Gasteiger charge is 2.27. The van der Waals surface area contributed by atoms with Crippen LogP contribution in [0.1, 0.15) is 25.3 Å². The Bertz CT molecular complexity index is 529. The Morgan fingerprint density at radius 1 is 1.45 bits per heavy atom. The summed E-state index contributed by atoms with van der Waals surface area (Å²) in [5.74, 6) is 0.492. The third-order valence-electron chi connectivity index (χ3n) is 3.71. The van der Waals surface area contributed by atoms with Gasteiger partial charge in [-0.2, -0.15) is 0 Å². The number of nitro groups is 1. The lowest BCUT2D eigenvalue weighted by atomic mass is 9.98. The minimum atomic E-state index is -0.394. The lowest BCUT2D eigenvalue weighted by Crippen LogP contribution is -2.39. The van der Waals surface area contributed by atoms with Crippen molar-refractivity contribution in [1.29, 1.82) is 0 Å². The number of nitro benzene ring substituents is 1. The molecule has 6 heteroatoms. The van der Waals surface area contributed by atoms with E-state index < -0.39 is 4.92 Å². The first-order valence-electron chi connectivity index (χ1n) is 6.70. The molecule has 0 bridgehead atoms. The number of anilines is 1. The second kappa shape index (κ2) is 6.35. The number of amides is 1. The molecular weight excluding hydrogens is 324 g/mol. The van der Waals surface area contributed by atoms with Gasteiger partial charge in [-0.05, 0) is 24.0 Å². The van der Waals surface area contributed by atoms with E-state index in [1.165, 1.54) is 6.07 Å². The number of non-ortho nitro benzene ring substituents is 1. The van der Waals surface area contributed by atoms with Gasteiger partial charge in [-0.3, -0.25) is 14.9 Å². The zero-order valence-corrected chi connectivity index (χ0v) is 12.9. The van der Waals surface area contributed by atoms with Gasteiger partial charge < -0.3 is 4.90 Å². The lowest BCUT2D eigenvalue weighted by molar-refractivity contribution is -0.384. The van der Waals surface area contributed by atoms with E-state index in [0.717, 1.165) is 23.0 Å². The number of benzene rings is 1. The predicted molar refractivity (Wildman–Crippen MR) is 81.3 cm³/mol. The van der Waals surface area contributed by atoms with Gasteiger partial charge in [-0.15, -0.1) is 0 Å². The molecule has 1 atom stereocenters. The van der Waals surface area contributed by atoms with Crippen LogP contribution in [0.3, 0.4) is 0 Å². The number of halogens is 1. The average molecular weight is 341 g/mol. The van der Waals surface area contributed by atoms with E-state index in [1.54, 1.807) is 17.0 Å². The molecule has 0 aliphatic carbocycles. The second-order valence-electron chi connectivity index (χ2n) is 5.00. The summed E-state index contributed by atoms with van der Waals surface area (Å²) in [6.45, 7) is 2.75. The molecule has 0 fully saturated rings. The van der Waals surface area contributed by atoms with Crippen LogP contribution >= 0.6 is 15.9 Å². The summed E-state index contributed by atoms with van der Waals surface area (Å²) in [6, 6.07) is 4.76. The first-order valence-corrected chi connectivity index (χ1v) is 7.82. The van der Waals surface area contributed by atoms with Crippen LogP contribution in [0.2, 0.25) is 0 Å². The maximum absolute atomic E-state index is 12.1. The Labute approximate surface area is 126 Å².